The smallest absolute Gasteiger partial charge is 0.410 e. The number of amides is 2. The summed E-state index contributed by atoms with van der Waals surface area (Å²) < 4.78 is 62.5. The Kier molecular flexibility index (Phi) is 7.27. The molecule has 224 valence electrons. The van der Waals surface area contributed by atoms with Crippen molar-refractivity contribution in [2.24, 2.45) is 5.41 Å². The number of likely N-dealkylation sites (tertiary alicyclic amines) is 2. The highest BCUT2D eigenvalue weighted by atomic mass is 19.4. The van der Waals surface area contributed by atoms with E-state index in [0.717, 1.165) is 36.2 Å². The number of rotatable bonds is 3. The molecule has 2 aliphatic heterocycles. The van der Waals surface area contributed by atoms with E-state index in [2.05, 4.69) is 15.4 Å². The molecule has 3 fully saturated rings. The normalized spacial score (nSPS) is 24.2. The van der Waals surface area contributed by atoms with Crippen molar-refractivity contribution in [2.45, 2.75) is 88.6 Å². The molecule has 5 rings (SSSR count). The van der Waals surface area contributed by atoms with Crippen LogP contribution in [0.1, 0.15) is 65.1 Å². The van der Waals surface area contributed by atoms with Crippen LogP contribution in [0.5, 0.6) is 0 Å². The number of hydrogen-bond donors (Lipinski definition) is 1. The molecule has 41 heavy (non-hydrogen) atoms. The van der Waals surface area contributed by atoms with Crippen molar-refractivity contribution in [3.8, 4) is 5.69 Å². The number of aliphatic hydroxyl groups is 1. The van der Waals surface area contributed by atoms with Crippen LogP contribution in [0.15, 0.2) is 24.3 Å². The van der Waals surface area contributed by atoms with Crippen LogP contribution in [0.2, 0.25) is 0 Å². The lowest BCUT2D eigenvalue weighted by Crippen LogP contribution is -2.65. The summed E-state index contributed by atoms with van der Waals surface area (Å²) in [5.74, 6) is -1.57. The maximum atomic E-state index is 14.6. The number of carbonyl (C=O) groups excluding carboxylic acids is 2. The first-order valence-electron chi connectivity index (χ1n) is 13.7. The van der Waals surface area contributed by atoms with Crippen LogP contribution in [0.3, 0.4) is 0 Å². The predicted octanol–water partition coefficient (Wildman–Crippen LogP) is 3.76. The van der Waals surface area contributed by atoms with Gasteiger partial charge >= 0.3 is 12.3 Å². The largest absolute Gasteiger partial charge is 0.444 e. The molecule has 1 saturated carbocycles. The molecule has 1 N–H and O–H groups in total. The number of aromatic nitrogens is 4. The van der Waals surface area contributed by atoms with Gasteiger partial charge in [-0.1, -0.05) is 6.42 Å². The van der Waals surface area contributed by atoms with E-state index in [1.807, 2.05) is 0 Å². The van der Waals surface area contributed by atoms with Crippen LogP contribution in [-0.4, -0.2) is 90.7 Å². The van der Waals surface area contributed by atoms with Crippen molar-refractivity contribution in [2.75, 3.05) is 19.6 Å². The third-order valence-electron chi connectivity index (χ3n) is 8.65. The Bertz CT molecular complexity index is 1280. The van der Waals surface area contributed by atoms with E-state index in [0.29, 0.717) is 0 Å². The van der Waals surface area contributed by atoms with Crippen molar-refractivity contribution in [3.63, 3.8) is 0 Å². The zero-order valence-corrected chi connectivity index (χ0v) is 23.2. The number of aliphatic hydroxyl groups excluding tert-OH is 1. The zero-order chi connectivity index (χ0) is 29.8. The van der Waals surface area contributed by atoms with E-state index < -0.39 is 71.2 Å². The monoisotopic (exact) mass is 582 g/mol. The molecule has 2 atom stereocenters. The lowest BCUT2D eigenvalue weighted by Gasteiger charge is -2.54. The molecule has 1 spiro atoms. The van der Waals surface area contributed by atoms with Crippen molar-refractivity contribution in [1.82, 2.24) is 30.0 Å². The van der Waals surface area contributed by atoms with Gasteiger partial charge in [0.1, 0.15) is 22.9 Å². The second-order valence-electron chi connectivity index (χ2n) is 12.4. The van der Waals surface area contributed by atoms with Gasteiger partial charge < -0.3 is 14.7 Å². The molecule has 10 nitrogen and oxygen atoms in total. The maximum Gasteiger partial charge on any atom is 0.410 e. The van der Waals surface area contributed by atoms with Gasteiger partial charge in [-0.2, -0.15) is 13.2 Å². The summed E-state index contributed by atoms with van der Waals surface area (Å²) in [5, 5.41) is 22.4. The standard InChI is InChI=1S/C27H34F4N6O4/c1-24(2,3)41-23(40)36-16-25(9-4-10-25)20(38)15-19(36)21(39)35-13-11-26(12-14-35,27(29,30)31)22-32-34-37(33-22)18-7-5-17(28)6-8-18/h5-8,19-20,38H,4,9-16H2,1-3H3/t19-,20+/m0/s1. The topological polar surface area (TPSA) is 114 Å². The Balaban J connectivity index is 1.35. The molecule has 3 heterocycles. The third kappa shape index (κ3) is 5.38. The van der Waals surface area contributed by atoms with Crippen LogP contribution in [0.25, 0.3) is 5.69 Å². The van der Waals surface area contributed by atoms with Crippen LogP contribution >= 0.6 is 0 Å². The van der Waals surface area contributed by atoms with Crippen molar-refractivity contribution in [3.05, 3.63) is 35.9 Å². The Morgan fingerprint density at radius 3 is 2.22 bits per heavy atom. The molecule has 1 aromatic heterocycles. The van der Waals surface area contributed by atoms with Crippen LogP contribution < -0.4 is 0 Å². The van der Waals surface area contributed by atoms with E-state index in [1.165, 1.54) is 21.9 Å². The van der Waals surface area contributed by atoms with Gasteiger partial charge in [0, 0.05) is 31.5 Å². The molecule has 2 aromatic rings. The molecule has 3 aliphatic rings. The van der Waals surface area contributed by atoms with E-state index in [-0.39, 0.29) is 31.7 Å². The Labute approximate surface area is 234 Å². The molecule has 0 unspecified atom stereocenters. The summed E-state index contributed by atoms with van der Waals surface area (Å²) in [6.45, 7) is 4.76. The maximum absolute atomic E-state index is 14.6. The van der Waals surface area contributed by atoms with Gasteiger partial charge in [-0.25, -0.2) is 9.18 Å². The molecular formula is C27H34F4N6O4. The SMILES string of the molecule is CC(C)(C)OC(=O)N1CC2(CCC2)[C@H](O)C[C@H]1C(=O)N1CCC(c2nnn(-c3ccc(F)cc3)n2)(C(F)(F)F)CC1. The number of carbonyl (C=O) groups is 2. The van der Waals surface area contributed by atoms with E-state index in [1.54, 1.807) is 20.8 Å². The number of benzene rings is 1. The van der Waals surface area contributed by atoms with E-state index >= 15 is 0 Å². The summed E-state index contributed by atoms with van der Waals surface area (Å²) in [7, 11) is 0. The van der Waals surface area contributed by atoms with Crippen LogP contribution in [0.4, 0.5) is 22.4 Å². The van der Waals surface area contributed by atoms with E-state index in [4.69, 9.17) is 4.74 Å². The van der Waals surface area contributed by atoms with Crippen molar-refractivity contribution < 1.29 is 37.0 Å². The number of piperidine rings is 2. The van der Waals surface area contributed by atoms with Crippen LogP contribution in [0, 0.1) is 11.2 Å². The molecule has 1 aromatic carbocycles. The first-order valence-corrected chi connectivity index (χ1v) is 13.7. The molecular weight excluding hydrogens is 548 g/mol. The quantitative estimate of drug-likeness (QED) is 0.549. The lowest BCUT2D eigenvalue weighted by atomic mass is 9.61. The van der Waals surface area contributed by atoms with Crippen LogP contribution in [-0.2, 0) is 14.9 Å². The van der Waals surface area contributed by atoms with Gasteiger partial charge in [0.2, 0.25) is 5.91 Å². The minimum absolute atomic E-state index is 0.00740. The molecule has 0 bridgehead atoms. The average Bonchev–Trinajstić information content (AvgIpc) is 3.36. The fourth-order valence-electron chi connectivity index (χ4n) is 6.06. The summed E-state index contributed by atoms with van der Waals surface area (Å²) >= 11 is 0. The fraction of sp³-hybridized carbons (Fsp3) is 0.667. The minimum Gasteiger partial charge on any atom is -0.444 e. The average molecular weight is 583 g/mol. The summed E-state index contributed by atoms with van der Waals surface area (Å²) in [5.41, 5.74) is -3.51. The van der Waals surface area contributed by atoms with Gasteiger partial charge in [0.05, 0.1) is 11.8 Å². The fourth-order valence-corrected chi connectivity index (χ4v) is 6.06. The molecule has 2 amide bonds. The van der Waals surface area contributed by atoms with Gasteiger partial charge in [0.15, 0.2) is 5.82 Å². The molecule has 1 aliphatic carbocycles. The number of hydrogen-bond acceptors (Lipinski definition) is 7. The Hall–Kier alpha value is -3.29. The number of tetrazole rings is 1. The number of nitrogens with zero attached hydrogens (tertiary/aromatic N) is 6. The minimum atomic E-state index is -4.74. The Morgan fingerprint density at radius 2 is 1.68 bits per heavy atom. The van der Waals surface area contributed by atoms with Crippen molar-refractivity contribution in [1.29, 1.82) is 0 Å². The summed E-state index contributed by atoms with van der Waals surface area (Å²) in [6.07, 6.45) is -4.91. The highest BCUT2D eigenvalue weighted by Crippen LogP contribution is 2.50. The number of halogens is 4. The van der Waals surface area contributed by atoms with Gasteiger partial charge in [-0.15, -0.1) is 15.0 Å². The third-order valence-corrected chi connectivity index (χ3v) is 8.65. The molecule has 0 radical (unpaired) electrons. The summed E-state index contributed by atoms with van der Waals surface area (Å²) in [6, 6.07) is 3.87. The lowest BCUT2D eigenvalue weighted by molar-refractivity contribution is -0.206. The first-order chi connectivity index (χ1) is 19.1. The highest BCUT2D eigenvalue weighted by molar-refractivity contribution is 5.86. The second-order valence-corrected chi connectivity index (χ2v) is 12.4. The summed E-state index contributed by atoms with van der Waals surface area (Å²) in [4.78, 5) is 30.4. The number of ether oxygens (including phenoxy) is 1. The molecule has 2 saturated heterocycles. The highest BCUT2D eigenvalue weighted by Gasteiger charge is 2.61. The van der Waals surface area contributed by atoms with E-state index in [9.17, 15) is 32.3 Å². The van der Waals surface area contributed by atoms with Gasteiger partial charge in [-0.3, -0.25) is 9.69 Å². The van der Waals surface area contributed by atoms with Gasteiger partial charge in [-0.05, 0) is 75.9 Å². The Morgan fingerprint density at radius 1 is 1.05 bits per heavy atom. The molecule has 14 heteroatoms. The second kappa shape index (κ2) is 10.2. The number of alkyl halides is 3. The first kappa shape index (κ1) is 29.2. The van der Waals surface area contributed by atoms with Crippen molar-refractivity contribution >= 4 is 12.0 Å². The predicted molar refractivity (Wildman–Crippen MR) is 136 cm³/mol. The zero-order valence-electron chi connectivity index (χ0n) is 23.2. The van der Waals surface area contributed by atoms with Gasteiger partial charge in [0.25, 0.3) is 0 Å².